The lowest BCUT2D eigenvalue weighted by Gasteiger charge is -2.35. The van der Waals surface area contributed by atoms with Crippen molar-refractivity contribution >= 4 is 22.2 Å². The molecule has 0 heterocycles. The molecule has 0 saturated heterocycles. The van der Waals surface area contributed by atoms with Crippen LogP contribution in [0.1, 0.15) is 31.9 Å². The van der Waals surface area contributed by atoms with Crippen molar-refractivity contribution in [3.05, 3.63) is 107 Å². The fourth-order valence-corrected chi connectivity index (χ4v) is 4.46. The zero-order chi connectivity index (χ0) is 19.3. The first-order chi connectivity index (χ1) is 13.2. The molecule has 1 aliphatic rings. The number of allylic oxidation sites excluding steroid dienone is 8. The average Bonchev–Trinajstić information content (AvgIpc) is 3.01. The van der Waals surface area contributed by atoms with E-state index in [4.69, 9.17) is 0 Å². The Balaban J connectivity index is 2.50. The molecule has 136 valence electrons. The fraction of sp³-hybridized carbons (Fsp3) is 0.154. The van der Waals surface area contributed by atoms with Crippen LogP contribution in [0, 0.1) is 0 Å². The van der Waals surface area contributed by atoms with Crippen molar-refractivity contribution in [3.63, 3.8) is 0 Å². The van der Waals surface area contributed by atoms with E-state index in [1.54, 1.807) is 0 Å². The van der Waals surface area contributed by atoms with Gasteiger partial charge in [0.25, 0.3) is 0 Å². The summed E-state index contributed by atoms with van der Waals surface area (Å²) in [6, 6.07) is 17.6. The number of hydrogen-bond acceptors (Lipinski definition) is 0. The highest BCUT2D eigenvalue weighted by Gasteiger charge is 2.45. The van der Waals surface area contributed by atoms with Crippen LogP contribution in [0.15, 0.2) is 96.1 Å². The third-order valence-electron chi connectivity index (χ3n) is 5.21. The first-order valence-electron chi connectivity index (χ1n) is 9.28. The van der Waals surface area contributed by atoms with Crippen LogP contribution in [-0.4, -0.2) is 11.2 Å². The molecule has 0 spiro atoms. The number of fused-ring (bicyclic) bond motifs is 3. The predicted molar refractivity (Wildman–Crippen MR) is 125 cm³/mol. The Morgan fingerprint density at radius 3 is 2.00 bits per heavy atom. The predicted octanol–water partition coefficient (Wildman–Crippen LogP) is 6.95. The van der Waals surface area contributed by atoms with Crippen LogP contribution in [-0.2, 0) is 5.41 Å². The van der Waals surface area contributed by atoms with Crippen molar-refractivity contribution in [2.24, 2.45) is 0 Å². The molecule has 2 aromatic rings. The Bertz CT molecular complexity index is 963. The van der Waals surface area contributed by atoms with Crippen molar-refractivity contribution in [1.29, 1.82) is 0 Å². The Labute approximate surface area is 166 Å². The quantitative estimate of drug-likeness (QED) is 0.304. The molecule has 0 fully saturated rings. The highest BCUT2D eigenvalue weighted by Crippen LogP contribution is 2.56. The highest BCUT2D eigenvalue weighted by molar-refractivity contribution is 7.95. The second kappa shape index (κ2) is 8.37. The number of benzene rings is 2. The molecule has 0 saturated carbocycles. The van der Waals surface area contributed by atoms with Crippen molar-refractivity contribution in [1.82, 2.24) is 0 Å². The van der Waals surface area contributed by atoms with E-state index in [1.807, 2.05) is 0 Å². The maximum Gasteiger partial charge on any atom is 0.0673 e. The van der Waals surface area contributed by atoms with E-state index in [9.17, 15) is 0 Å². The van der Waals surface area contributed by atoms with Crippen LogP contribution < -0.4 is 0 Å². The lowest BCUT2D eigenvalue weighted by molar-refractivity contribution is 0.746. The Morgan fingerprint density at radius 2 is 1.48 bits per heavy atom. The van der Waals surface area contributed by atoms with Gasteiger partial charge < -0.3 is 0 Å². The van der Waals surface area contributed by atoms with Gasteiger partial charge in [-0.25, -0.2) is 0 Å². The van der Waals surface area contributed by atoms with Gasteiger partial charge in [0.2, 0.25) is 0 Å². The molecule has 2 aromatic carbocycles. The van der Waals surface area contributed by atoms with Gasteiger partial charge >= 0.3 is 0 Å². The minimum Gasteiger partial charge on any atom is -0.160 e. The zero-order valence-electron chi connectivity index (χ0n) is 16.3. The van der Waals surface area contributed by atoms with Gasteiger partial charge in [0, 0.05) is 0 Å². The van der Waals surface area contributed by atoms with E-state index < -0.39 is 0 Å². The fourth-order valence-electron chi connectivity index (χ4n) is 4.16. The van der Waals surface area contributed by atoms with Crippen molar-refractivity contribution < 1.29 is 0 Å². The van der Waals surface area contributed by atoms with Crippen LogP contribution >= 0.6 is 10.9 Å². The van der Waals surface area contributed by atoms with E-state index >= 15 is 0 Å². The molecule has 0 nitrogen and oxygen atoms in total. The van der Waals surface area contributed by atoms with Crippen LogP contribution in [0.2, 0.25) is 0 Å². The Kier molecular flexibility index (Phi) is 5.93. The molecule has 0 aromatic heterocycles. The lowest BCUT2D eigenvalue weighted by atomic mass is 9.67. The molecule has 0 bridgehead atoms. The van der Waals surface area contributed by atoms with Gasteiger partial charge in [-0.1, -0.05) is 90.6 Å². The first-order valence-corrected chi connectivity index (χ1v) is 10.3. The molecular weight excluding hydrogens is 344 g/mol. The number of rotatable bonds is 5. The third-order valence-corrected chi connectivity index (χ3v) is 5.53. The zero-order valence-corrected chi connectivity index (χ0v) is 17.1. The third kappa shape index (κ3) is 3.13. The summed E-state index contributed by atoms with van der Waals surface area (Å²) < 4.78 is 0. The van der Waals surface area contributed by atoms with Crippen LogP contribution in [0.25, 0.3) is 11.1 Å². The topological polar surface area (TPSA) is 0 Å². The largest absolute Gasteiger partial charge is 0.160 e. The van der Waals surface area contributed by atoms with Crippen molar-refractivity contribution in [2.45, 2.75) is 26.2 Å². The molecule has 0 N–H and O–H groups in total. The molecule has 1 heteroatoms. The molecule has 0 radical (unpaired) electrons. The second-order valence-corrected chi connectivity index (χ2v) is 7.25. The lowest BCUT2D eigenvalue weighted by Crippen LogP contribution is -2.29. The molecule has 3 rings (SSSR count). The summed E-state index contributed by atoms with van der Waals surface area (Å²) in [4.78, 5) is 0. The molecule has 0 amide bonds. The molecule has 0 aliphatic heterocycles. The van der Waals surface area contributed by atoms with Crippen LogP contribution in [0.5, 0.6) is 0 Å². The maximum absolute atomic E-state index is 3.90. The molecule has 27 heavy (non-hydrogen) atoms. The van der Waals surface area contributed by atoms with E-state index in [2.05, 4.69) is 117 Å². The SMILES string of the molecule is C=S=C/C=C(\C)C1(C(/C=C\C)=C/C=C\C)c2ccccc2-c2ccccc21. The van der Waals surface area contributed by atoms with Crippen LogP contribution in [0.4, 0.5) is 0 Å². The molecule has 0 unspecified atom stereocenters. The molecule has 0 atom stereocenters. The van der Waals surface area contributed by atoms with Gasteiger partial charge in [-0.05, 0) is 59.8 Å². The normalized spacial score (nSPS) is 15.8. The minimum absolute atomic E-state index is 0.300. The summed E-state index contributed by atoms with van der Waals surface area (Å²) in [6.07, 6.45) is 13.0. The maximum atomic E-state index is 3.90. The monoisotopic (exact) mass is 370 g/mol. The number of hydrogen-bond donors (Lipinski definition) is 0. The Morgan fingerprint density at radius 1 is 0.889 bits per heavy atom. The summed E-state index contributed by atoms with van der Waals surface area (Å²) in [5.41, 5.74) is 7.60. The van der Waals surface area contributed by atoms with E-state index in [0.29, 0.717) is 0 Å². The first kappa shape index (κ1) is 19.1. The van der Waals surface area contributed by atoms with Crippen molar-refractivity contribution in [3.8, 4) is 11.1 Å². The van der Waals surface area contributed by atoms with Gasteiger partial charge in [-0.2, -0.15) is 10.9 Å². The average molecular weight is 371 g/mol. The van der Waals surface area contributed by atoms with Gasteiger partial charge in [0.15, 0.2) is 0 Å². The standard InChI is InChI=1S/C26H26S/c1-5-7-13-21(12-6-2)26(20(3)18-19-27-4)24-16-10-8-14-22(24)23-15-9-11-17-25(23)26/h5-19H,4H2,1-3H3/b7-5-,12-6-,20-18+,21-13+. The van der Waals surface area contributed by atoms with Gasteiger partial charge in [-0.3, -0.25) is 0 Å². The Hall–Kier alpha value is -2.64. The van der Waals surface area contributed by atoms with Crippen molar-refractivity contribution in [2.75, 3.05) is 0 Å². The van der Waals surface area contributed by atoms with Gasteiger partial charge in [0.1, 0.15) is 0 Å². The summed E-state index contributed by atoms with van der Waals surface area (Å²) in [7, 11) is 1.49. The van der Waals surface area contributed by atoms with Crippen LogP contribution in [0.3, 0.4) is 0 Å². The van der Waals surface area contributed by atoms with E-state index in [-0.39, 0.29) is 5.41 Å². The molecule has 1 aliphatic carbocycles. The second-order valence-electron chi connectivity index (χ2n) is 6.64. The smallest absolute Gasteiger partial charge is 0.0673 e. The highest BCUT2D eigenvalue weighted by atomic mass is 32.1. The minimum atomic E-state index is -0.300. The molecular formula is C26H26S. The summed E-state index contributed by atoms with van der Waals surface area (Å²) >= 11 is 0. The van der Waals surface area contributed by atoms with Gasteiger partial charge in [0.05, 0.1) is 5.41 Å². The summed E-state index contributed by atoms with van der Waals surface area (Å²) in [5, 5.41) is 2.07. The summed E-state index contributed by atoms with van der Waals surface area (Å²) in [6.45, 7) is 6.38. The van der Waals surface area contributed by atoms with E-state index in [0.717, 1.165) is 0 Å². The van der Waals surface area contributed by atoms with Gasteiger partial charge in [-0.15, -0.1) is 0 Å². The summed E-state index contributed by atoms with van der Waals surface area (Å²) in [5.74, 6) is 3.90. The van der Waals surface area contributed by atoms with E-state index in [1.165, 1.54) is 44.3 Å².